The van der Waals surface area contributed by atoms with Gasteiger partial charge in [-0.25, -0.2) is 0 Å². The molecule has 7 heteroatoms. The fraction of sp³-hybridized carbons (Fsp3) is 0.824. The number of rotatable bonds is 5. The number of hydrogen-bond donors (Lipinski definition) is 1. The molecule has 1 N–H and O–H groups in total. The van der Waals surface area contributed by atoms with Gasteiger partial charge in [0.1, 0.15) is 0 Å². The molecule has 0 spiro atoms. The summed E-state index contributed by atoms with van der Waals surface area (Å²) in [6, 6.07) is 0. The van der Waals surface area contributed by atoms with E-state index >= 15 is 0 Å². The van der Waals surface area contributed by atoms with Gasteiger partial charge in [-0.05, 0) is 31.6 Å². The van der Waals surface area contributed by atoms with Crippen LogP contribution in [-0.2, 0) is 19.1 Å². The van der Waals surface area contributed by atoms with Gasteiger partial charge >= 0.3 is 5.97 Å². The molecule has 2 saturated heterocycles. The van der Waals surface area contributed by atoms with E-state index in [9.17, 15) is 14.4 Å². The first-order valence-electron chi connectivity index (χ1n) is 8.73. The van der Waals surface area contributed by atoms with Crippen LogP contribution in [0.15, 0.2) is 0 Å². The van der Waals surface area contributed by atoms with Crippen molar-refractivity contribution in [1.82, 2.24) is 9.80 Å². The Morgan fingerprint density at radius 1 is 1.25 bits per heavy atom. The quantitative estimate of drug-likeness (QED) is 0.801. The predicted molar refractivity (Wildman–Crippen MR) is 87.3 cm³/mol. The van der Waals surface area contributed by atoms with Crippen LogP contribution in [0.3, 0.4) is 0 Å². The molecule has 136 valence electrons. The minimum absolute atomic E-state index is 0.0126. The van der Waals surface area contributed by atoms with Gasteiger partial charge in [0, 0.05) is 39.3 Å². The number of likely N-dealkylation sites (N-methyl/N-ethyl adjacent to an activating group) is 1. The molecule has 0 aromatic carbocycles. The Kier molecular flexibility index (Phi) is 6.60. The molecule has 0 aromatic rings. The zero-order valence-corrected chi connectivity index (χ0v) is 14.6. The van der Waals surface area contributed by atoms with Gasteiger partial charge in [-0.3, -0.25) is 14.4 Å². The monoisotopic (exact) mass is 340 g/mol. The summed E-state index contributed by atoms with van der Waals surface area (Å²) in [6.45, 7) is 4.12. The predicted octanol–water partition coefficient (Wildman–Crippen LogP) is 0.831. The molecule has 0 radical (unpaired) electrons. The Balaban J connectivity index is 1.85. The fourth-order valence-corrected chi connectivity index (χ4v) is 3.55. The lowest BCUT2D eigenvalue weighted by Crippen LogP contribution is -2.48. The van der Waals surface area contributed by atoms with Gasteiger partial charge in [0.15, 0.2) is 0 Å². The van der Waals surface area contributed by atoms with E-state index in [0.29, 0.717) is 38.5 Å². The second-order valence-electron chi connectivity index (χ2n) is 6.95. The molecule has 2 rings (SSSR count). The molecule has 24 heavy (non-hydrogen) atoms. The van der Waals surface area contributed by atoms with Crippen molar-refractivity contribution < 1.29 is 24.2 Å². The highest BCUT2D eigenvalue weighted by molar-refractivity contribution is 5.86. The molecule has 0 bridgehead atoms. The van der Waals surface area contributed by atoms with Crippen molar-refractivity contribution in [3.8, 4) is 0 Å². The van der Waals surface area contributed by atoms with Crippen LogP contribution in [0.25, 0.3) is 0 Å². The number of carbonyl (C=O) groups excluding carboxylic acids is 2. The lowest BCUT2D eigenvalue weighted by molar-refractivity contribution is -0.148. The van der Waals surface area contributed by atoms with Gasteiger partial charge in [-0.1, -0.05) is 6.92 Å². The highest BCUT2D eigenvalue weighted by Crippen LogP contribution is 2.25. The topological polar surface area (TPSA) is 87.2 Å². The minimum Gasteiger partial charge on any atom is -0.481 e. The largest absolute Gasteiger partial charge is 0.481 e. The minimum atomic E-state index is -0.856. The van der Waals surface area contributed by atoms with E-state index in [2.05, 4.69) is 0 Å². The number of hydrogen-bond acceptors (Lipinski definition) is 4. The standard InChI is InChI=1S/C17H28N2O5/c1-12(13-5-8-24-9-6-13)16(21)18(2)11-15(20)19-7-3-4-14(10-19)17(22)23/h12-14H,3-11H2,1-2H3,(H,22,23). The number of amides is 2. The number of aliphatic carboxylic acids is 1. The van der Waals surface area contributed by atoms with Crippen molar-refractivity contribution in [2.45, 2.75) is 32.6 Å². The van der Waals surface area contributed by atoms with Gasteiger partial charge < -0.3 is 19.6 Å². The van der Waals surface area contributed by atoms with E-state index in [1.54, 1.807) is 11.9 Å². The molecule has 2 unspecified atom stereocenters. The summed E-state index contributed by atoms with van der Waals surface area (Å²) in [6.07, 6.45) is 3.05. The Bertz CT molecular complexity index is 476. The maximum atomic E-state index is 12.6. The number of piperidine rings is 1. The Hall–Kier alpha value is -1.63. The number of carboxylic acids is 1. The molecule has 0 aromatic heterocycles. The van der Waals surface area contributed by atoms with Crippen molar-refractivity contribution in [3.05, 3.63) is 0 Å². The van der Waals surface area contributed by atoms with Crippen molar-refractivity contribution in [3.63, 3.8) is 0 Å². The van der Waals surface area contributed by atoms with Crippen LogP contribution in [-0.4, -0.2) is 72.6 Å². The molecule has 2 heterocycles. The van der Waals surface area contributed by atoms with E-state index in [0.717, 1.165) is 12.8 Å². The molecule has 7 nitrogen and oxygen atoms in total. The summed E-state index contributed by atoms with van der Waals surface area (Å²) in [5, 5.41) is 9.11. The van der Waals surface area contributed by atoms with Gasteiger partial charge in [0.2, 0.25) is 11.8 Å². The average Bonchev–Trinajstić information content (AvgIpc) is 2.61. The second kappa shape index (κ2) is 8.46. The van der Waals surface area contributed by atoms with Gasteiger partial charge in [-0.15, -0.1) is 0 Å². The van der Waals surface area contributed by atoms with E-state index in [1.165, 1.54) is 4.90 Å². The van der Waals surface area contributed by atoms with Crippen LogP contribution in [0.4, 0.5) is 0 Å². The first kappa shape index (κ1) is 18.7. The zero-order valence-electron chi connectivity index (χ0n) is 14.6. The highest BCUT2D eigenvalue weighted by atomic mass is 16.5. The third kappa shape index (κ3) is 4.69. The molecule has 0 aliphatic carbocycles. The fourth-order valence-electron chi connectivity index (χ4n) is 3.55. The normalized spacial score (nSPS) is 23.6. The number of carbonyl (C=O) groups is 3. The SMILES string of the molecule is CC(C(=O)N(C)CC(=O)N1CCCC(C(=O)O)C1)C1CCOCC1. The summed E-state index contributed by atoms with van der Waals surface area (Å²) >= 11 is 0. The molecular formula is C17H28N2O5. The van der Waals surface area contributed by atoms with E-state index < -0.39 is 11.9 Å². The maximum Gasteiger partial charge on any atom is 0.308 e. The second-order valence-corrected chi connectivity index (χ2v) is 6.95. The average molecular weight is 340 g/mol. The number of ether oxygens (including phenoxy) is 1. The molecule has 0 saturated carbocycles. The molecule has 2 aliphatic heterocycles. The smallest absolute Gasteiger partial charge is 0.308 e. The van der Waals surface area contributed by atoms with Crippen molar-refractivity contribution in [1.29, 1.82) is 0 Å². The summed E-state index contributed by atoms with van der Waals surface area (Å²) in [4.78, 5) is 39.1. The Morgan fingerprint density at radius 3 is 2.54 bits per heavy atom. The van der Waals surface area contributed by atoms with Crippen molar-refractivity contribution >= 4 is 17.8 Å². The van der Waals surface area contributed by atoms with Crippen molar-refractivity contribution in [2.24, 2.45) is 17.8 Å². The third-order valence-corrected chi connectivity index (χ3v) is 5.23. The maximum absolute atomic E-state index is 12.6. The van der Waals surface area contributed by atoms with Crippen molar-refractivity contribution in [2.75, 3.05) is 39.9 Å². The number of likely N-dealkylation sites (tertiary alicyclic amines) is 1. The zero-order chi connectivity index (χ0) is 17.7. The van der Waals surface area contributed by atoms with Crippen LogP contribution in [0.5, 0.6) is 0 Å². The van der Waals surface area contributed by atoms with Crippen LogP contribution < -0.4 is 0 Å². The van der Waals surface area contributed by atoms with Crippen LogP contribution in [0.1, 0.15) is 32.6 Å². The molecule has 2 atom stereocenters. The Labute approximate surface area is 142 Å². The molecule has 2 aliphatic rings. The number of nitrogens with zero attached hydrogens (tertiary/aromatic N) is 2. The summed E-state index contributed by atoms with van der Waals surface area (Å²) in [7, 11) is 1.65. The first-order chi connectivity index (χ1) is 11.4. The lowest BCUT2D eigenvalue weighted by atomic mass is 9.86. The molecule has 2 amide bonds. The first-order valence-corrected chi connectivity index (χ1v) is 8.73. The molecule has 2 fully saturated rings. The Morgan fingerprint density at radius 2 is 1.92 bits per heavy atom. The van der Waals surface area contributed by atoms with E-state index in [4.69, 9.17) is 9.84 Å². The third-order valence-electron chi connectivity index (χ3n) is 5.23. The van der Waals surface area contributed by atoms with Crippen LogP contribution in [0.2, 0.25) is 0 Å². The summed E-state index contributed by atoms with van der Waals surface area (Å²) in [5.74, 6) is -1.37. The van der Waals surface area contributed by atoms with Gasteiger partial charge in [0.05, 0.1) is 12.5 Å². The molecular weight excluding hydrogens is 312 g/mol. The van der Waals surface area contributed by atoms with E-state index in [1.807, 2.05) is 6.92 Å². The van der Waals surface area contributed by atoms with Gasteiger partial charge in [-0.2, -0.15) is 0 Å². The van der Waals surface area contributed by atoms with Gasteiger partial charge in [0.25, 0.3) is 0 Å². The van der Waals surface area contributed by atoms with Crippen LogP contribution >= 0.6 is 0 Å². The lowest BCUT2D eigenvalue weighted by Gasteiger charge is -2.33. The highest BCUT2D eigenvalue weighted by Gasteiger charge is 2.31. The van der Waals surface area contributed by atoms with Crippen LogP contribution in [0, 0.1) is 17.8 Å². The van der Waals surface area contributed by atoms with E-state index in [-0.39, 0.29) is 30.8 Å². The number of carboxylic acid groups (broad SMARTS) is 1. The summed E-state index contributed by atoms with van der Waals surface area (Å²) < 4.78 is 5.33. The summed E-state index contributed by atoms with van der Waals surface area (Å²) in [5.41, 5.74) is 0.